The molecule has 3 N–H and O–H groups in total. The van der Waals surface area contributed by atoms with E-state index in [-0.39, 0.29) is 6.54 Å². The molecule has 0 unspecified atom stereocenters. The molecule has 0 aliphatic carbocycles. The average Bonchev–Trinajstić information content (AvgIpc) is 1.47. The van der Waals surface area contributed by atoms with Crippen LogP contribution in [0.25, 0.3) is 0 Å². The molecule has 13 heavy (non-hydrogen) atoms. The number of nitrogens with zero attached hydrogens (tertiary/aromatic N) is 1. The van der Waals surface area contributed by atoms with E-state index in [2.05, 4.69) is 5.14 Å². The van der Waals surface area contributed by atoms with Gasteiger partial charge in [0.25, 0.3) is 0 Å². The number of hydrogen-bond acceptors (Lipinski definition) is 4. The lowest BCUT2D eigenvalue weighted by atomic mass is 10.5. The van der Waals surface area contributed by atoms with Crippen LogP contribution < -0.4 is 10.2 Å². The molecule has 0 radical (unpaired) electrons. The molecule has 0 bridgehead atoms. The number of carbonyl (C=O) groups excluding carboxylic acids is 1. The molecule has 0 aromatic rings. The lowest BCUT2D eigenvalue weighted by molar-refractivity contribution is -0.864. The molecule has 0 aromatic carbocycles. The Labute approximate surface area is 77.2 Å². The summed E-state index contributed by atoms with van der Waals surface area (Å²) >= 11 is 0. The third kappa shape index (κ3) is 52.9. The smallest absolute Gasteiger partial charge is 0.330 e. The van der Waals surface area contributed by atoms with Crippen molar-refractivity contribution in [3.8, 4) is 0 Å². The molecule has 0 spiro atoms. The molecule has 0 atom stereocenters. The summed E-state index contributed by atoms with van der Waals surface area (Å²) in [5, 5.41) is 13.8. The van der Waals surface area contributed by atoms with Crippen molar-refractivity contribution in [1.82, 2.24) is 0 Å². The van der Waals surface area contributed by atoms with E-state index in [9.17, 15) is 9.90 Å². The summed E-state index contributed by atoms with van der Waals surface area (Å²) in [7, 11) is 1.24. The quantitative estimate of drug-likeness (QED) is 0.379. The Hall–Kier alpha value is -0.700. The van der Waals surface area contributed by atoms with E-state index in [4.69, 9.17) is 13.0 Å². The van der Waals surface area contributed by atoms with E-state index >= 15 is 0 Å². The number of nitrogens with two attached hydrogens (primary N) is 1. The summed E-state index contributed by atoms with van der Waals surface area (Å²) in [6.45, 7) is 0.0694. The van der Waals surface area contributed by atoms with Gasteiger partial charge in [-0.1, -0.05) is 0 Å². The monoisotopic (exact) mass is 214 g/mol. The molecule has 0 amide bonds. The Morgan fingerprint density at radius 2 is 1.69 bits per heavy atom. The highest BCUT2D eigenvalue weighted by atomic mass is 32.2. The lowest BCUT2D eigenvalue weighted by Crippen LogP contribution is -2.45. The molecule has 0 aliphatic heterocycles. The summed E-state index contributed by atoms with van der Waals surface area (Å²) in [4.78, 5) is 9.89. The highest BCUT2D eigenvalue weighted by Crippen LogP contribution is 1.84. The van der Waals surface area contributed by atoms with Crippen molar-refractivity contribution in [2.24, 2.45) is 5.14 Å². The molecule has 0 heterocycles. The molecule has 80 valence electrons. The van der Waals surface area contributed by atoms with Crippen LogP contribution in [0.4, 0.5) is 0 Å². The fourth-order valence-corrected chi connectivity index (χ4v) is 0.387. The fraction of sp³-hybridized carbons (Fsp3) is 0.800. The van der Waals surface area contributed by atoms with Crippen molar-refractivity contribution in [3.05, 3.63) is 0 Å². The van der Waals surface area contributed by atoms with E-state index < -0.39 is 16.3 Å². The highest BCUT2D eigenvalue weighted by Gasteiger charge is 2.04. The number of carboxylic acids is 1. The molecular weight excluding hydrogens is 200 g/mol. The molecular formula is C5H14N2O5S. The first-order valence-corrected chi connectivity index (χ1v) is 4.67. The topological polar surface area (TPSA) is 121 Å². The highest BCUT2D eigenvalue weighted by molar-refractivity contribution is 7.83. The Bertz CT molecular complexity index is 245. The predicted octanol–water partition coefficient (Wildman–Crippen LogP) is -2.81. The fourth-order valence-electron chi connectivity index (χ4n) is 0.387. The Kier molecular flexibility index (Phi) is 5.83. The maximum Gasteiger partial charge on any atom is 0.330 e. The lowest BCUT2D eigenvalue weighted by Gasteiger charge is -2.23. The first-order chi connectivity index (χ1) is 5.42. The minimum atomic E-state index is -4.17. The Morgan fingerprint density at radius 3 is 1.69 bits per heavy atom. The molecule has 0 saturated carbocycles. The number of carboxylic acid groups (broad SMARTS) is 1. The van der Waals surface area contributed by atoms with Crippen molar-refractivity contribution in [1.29, 1.82) is 0 Å². The van der Waals surface area contributed by atoms with Crippen molar-refractivity contribution < 1.29 is 27.4 Å². The van der Waals surface area contributed by atoms with Gasteiger partial charge in [-0.05, 0) is 0 Å². The second-order valence-corrected chi connectivity index (χ2v) is 4.37. The number of likely N-dealkylation sites (N-methyl/N-ethyl adjacent to an activating group) is 1. The van der Waals surface area contributed by atoms with Gasteiger partial charge in [-0.2, -0.15) is 8.42 Å². The van der Waals surface area contributed by atoms with Crippen molar-refractivity contribution in [3.63, 3.8) is 0 Å². The average molecular weight is 214 g/mol. The number of hydrogen-bond donors (Lipinski definition) is 2. The zero-order valence-corrected chi connectivity index (χ0v) is 8.54. The molecule has 0 rings (SSSR count). The SMILES string of the molecule is C[N+](C)(C)CC(=O)[O-].NS(=O)(=O)O. The van der Waals surface area contributed by atoms with E-state index in [1.54, 1.807) is 21.1 Å². The summed E-state index contributed by atoms with van der Waals surface area (Å²) < 4.78 is 25.6. The molecule has 0 saturated heterocycles. The zero-order chi connectivity index (χ0) is 11.3. The minimum Gasteiger partial charge on any atom is -0.544 e. The minimum absolute atomic E-state index is 0.0694. The molecule has 0 fully saturated rings. The van der Waals surface area contributed by atoms with Crippen LogP contribution in [0.2, 0.25) is 0 Å². The van der Waals surface area contributed by atoms with Gasteiger partial charge >= 0.3 is 10.3 Å². The number of carbonyl (C=O) groups is 1. The van der Waals surface area contributed by atoms with Gasteiger partial charge in [-0.15, -0.1) is 0 Å². The van der Waals surface area contributed by atoms with Crippen LogP contribution in [0, 0.1) is 0 Å². The number of quaternary nitrogens is 1. The Balaban J connectivity index is 0. The largest absolute Gasteiger partial charge is 0.544 e. The number of rotatable bonds is 2. The standard InChI is InChI=1S/C5H11NO2.H3NO3S/c1-6(2,3)4-5(7)8;1-5(2,3)4/h4H2,1-3H3;(H3,1,2,3,4). The number of aliphatic carboxylic acids is 1. The van der Waals surface area contributed by atoms with E-state index in [0.29, 0.717) is 4.48 Å². The summed E-state index contributed by atoms with van der Waals surface area (Å²) in [5.74, 6) is -1.00. The first-order valence-electron chi connectivity index (χ1n) is 3.17. The summed E-state index contributed by atoms with van der Waals surface area (Å²) in [6, 6.07) is 0. The van der Waals surface area contributed by atoms with Crippen LogP contribution in [-0.4, -0.2) is 51.1 Å². The Morgan fingerprint density at radius 1 is 1.46 bits per heavy atom. The molecule has 8 heteroatoms. The van der Waals surface area contributed by atoms with Crippen LogP contribution in [0.3, 0.4) is 0 Å². The van der Waals surface area contributed by atoms with E-state index in [1.165, 1.54) is 0 Å². The maximum atomic E-state index is 9.89. The van der Waals surface area contributed by atoms with Gasteiger partial charge in [0.1, 0.15) is 6.54 Å². The van der Waals surface area contributed by atoms with Crippen LogP contribution in [0.15, 0.2) is 0 Å². The van der Waals surface area contributed by atoms with Gasteiger partial charge in [0, 0.05) is 0 Å². The predicted molar refractivity (Wildman–Crippen MR) is 43.6 cm³/mol. The zero-order valence-electron chi connectivity index (χ0n) is 7.72. The van der Waals surface area contributed by atoms with E-state index in [1.807, 2.05) is 0 Å². The maximum absolute atomic E-state index is 9.89. The molecule has 0 aromatic heterocycles. The van der Waals surface area contributed by atoms with Crippen molar-refractivity contribution in [2.45, 2.75) is 0 Å². The van der Waals surface area contributed by atoms with Crippen LogP contribution in [-0.2, 0) is 15.1 Å². The third-order valence-corrected chi connectivity index (χ3v) is 0.603. The van der Waals surface area contributed by atoms with Crippen LogP contribution >= 0.6 is 0 Å². The van der Waals surface area contributed by atoms with Crippen LogP contribution in [0.5, 0.6) is 0 Å². The normalized spacial score (nSPS) is 11.5. The van der Waals surface area contributed by atoms with E-state index in [0.717, 1.165) is 0 Å². The van der Waals surface area contributed by atoms with Crippen molar-refractivity contribution in [2.75, 3.05) is 27.7 Å². The van der Waals surface area contributed by atoms with Crippen molar-refractivity contribution >= 4 is 16.3 Å². The first kappa shape index (κ1) is 14.8. The summed E-state index contributed by atoms with van der Waals surface area (Å²) in [6.07, 6.45) is 0. The molecule has 7 nitrogen and oxygen atoms in total. The van der Waals surface area contributed by atoms with Gasteiger partial charge in [0.2, 0.25) is 0 Å². The molecule has 0 aliphatic rings. The summed E-state index contributed by atoms with van der Waals surface area (Å²) in [5.41, 5.74) is 0. The third-order valence-electron chi connectivity index (χ3n) is 0.603. The second kappa shape index (κ2) is 5.12. The van der Waals surface area contributed by atoms with Gasteiger partial charge in [0.15, 0.2) is 0 Å². The van der Waals surface area contributed by atoms with Gasteiger partial charge in [-0.25, -0.2) is 5.14 Å². The van der Waals surface area contributed by atoms with Gasteiger partial charge < -0.3 is 14.4 Å². The van der Waals surface area contributed by atoms with Crippen LogP contribution in [0.1, 0.15) is 0 Å². The van der Waals surface area contributed by atoms with Gasteiger partial charge in [-0.3, -0.25) is 4.55 Å². The second-order valence-electron chi connectivity index (χ2n) is 3.34. The van der Waals surface area contributed by atoms with Gasteiger partial charge in [0.05, 0.1) is 27.1 Å².